The summed E-state index contributed by atoms with van der Waals surface area (Å²) >= 11 is 0. The van der Waals surface area contributed by atoms with E-state index in [9.17, 15) is 38.0 Å². The molecule has 0 amide bonds. The summed E-state index contributed by atoms with van der Waals surface area (Å²) in [5.41, 5.74) is -3.68. The molecule has 45 heavy (non-hydrogen) atoms. The molecule has 1 aliphatic heterocycles. The molecule has 244 valence electrons. The van der Waals surface area contributed by atoms with Crippen LogP contribution in [0.4, 0.5) is 18.9 Å². The van der Waals surface area contributed by atoms with E-state index in [-0.39, 0.29) is 48.4 Å². The maximum atomic E-state index is 14.1. The van der Waals surface area contributed by atoms with Gasteiger partial charge >= 0.3 is 18.1 Å². The Hall–Kier alpha value is -4.63. The summed E-state index contributed by atoms with van der Waals surface area (Å²) in [6, 6.07) is 11.3. The summed E-state index contributed by atoms with van der Waals surface area (Å²) in [6.45, 7) is 4.80. The van der Waals surface area contributed by atoms with E-state index >= 15 is 0 Å². The molecule has 2 unspecified atom stereocenters. The fourth-order valence-electron chi connectivity index (χ4n) is 4.47. The highest BCUT2D eigenvalue weighted by molar-refractivity contribution is 6.00. The number of nitrogens with zero attached hydrogens (tertiary/aromatic N) is 1. The number of esters is 2. The number of alkyl halides is 3. The number of ether oxygens (including phenoxy) is 4. The van der Waals surface area contributed by atoms with Gasteiger partial charge in [-0.15, -0.1) is 0 Å². The van der Waals surface area contributed by atoms with Crippen molar-refractivity contribution in [1.29, 1.82) is 0 Å². The number of halogens is 3. The summed E-state index contributed by atoms with van der Waals surface area (Å²) in [4.78, 5) is 36.8. The number of carbonyl (C=O) groups excluding carboxylic acids is 2. The van der Waals surface area contributed by atoms with Crippen LogP contribution in [-0.2, 0) is 19.1 Å². The molecule has 0 saturated carbocycles. The van der Waals surface area contributed by atoms with Crippen LogP contribution in [0.5, 0.6) is 11.5 Å². The van der Waals surface area contributed by atoms with Gasteiger partial charge in [-0.2, -0.15) is 13.2 Å². The van der Waals surface area contributed by atoms with Crippen molar-refractivity contribution < 1.29 is 51.7 Å². The van der Waals surface area contributed by atoms with Crippen molar-refractivity contribution in [3.05, 3.63) is 86.7 Å². The van der Waals surface area contributed by atoms with Gasteiger partial charge in [0.1, 0.15) is 31.6 Å². The number of benzene rings is 2. The van der Waals surface area contributed by atoms with Gasteiger partial charge in [-0.1, -0.05) is 38.1 Å². The van der Waals surface area contributed by atoms with Crippen LogP contribution in [0.15, 0.2) is 71.1 Å². The number of aliphatic hydroxyl groups is 1. The van der Waals surface area contributed by atoms with Crippen LogP contribution in [0, 0.1) is 10.1 Å². The van der Waals surface area contributed by atoms with Gasteiger partial charge in [0, 0.05) is 30.4 Å². The first kappa shape index (κ1) is 34.9. The highest BCUT2D eigenvalue weighted by Crippen LogP contribution is 2.44. The van der Waals surface area contributed by atoms with Crippen LogP contribution in [0.2, 0.25) is 0 Å². The number of allylic oxidation sites excluding steroid dienone is 2. The van der Waals surface area contributed by atoms with E-state index in [1.54, 1.807) is 24.3 Å². The van der Waals surface area contributed by atoms with Gasteiger partial charge in [-0.05, 0) is 24.6 Å². The van der Waals surface area contributed by atoms with Crippen LogP contribution >= 0.6 is 0 Å². The van der Waals surface area contributed by atoms with Crippen molar-refractivity contribution in [3.63, 3.8) is 0 Å². The van der Waals surface area contributed by atoms with Gasteiger partial charge in [0.25, 0.3) is 5.69 Å². The topological polar surface area (TPSA) is 158 Å². The third-order valence-electron chi connectivity index (χ3n) is 6.50. The van der Waals surface area contributed by atoms with Crippen molar-refractivity contribution in [3.8, 4) is 11.5 Å². The van der Waals surface area contributed by atoms with Crippen molar-refractivity contribution >= 4 is 17.6 Å². The number of hydrogen-bond donors (Lipinski definition) is 3. The first-order chi connectivity index (χ1) is 21.2. The van der Waals surface area contributed by atoms with Crippen molar-refractivity contribution in [1.82, 2.24) is 10.6 Å². The standard InChI is InChI=1S/C30H34F3N3O9/c1-17(2)34-15-21(37)16-45-23-11-6-5-10-22(23)43-12-13-44-29(39)24-18(3)35-27(30(31,32)33)26(28(38)42-4)25(24)19-8-7-9-20(14-19)36(40)41/h5-11,14,17,21,25,34-35,37H,12-13,15-16H2,1-4H3. The third-order valence-corrected chi connectivity index (χ3v) is 6.50. The third kappa shape index (κ3) is 9.18. The lowest BCUT2D eigenvalue weighted by Crippen LogP contribution is -2.38. The smallest absolute Gasteiger partial charge is 0.431 e. The van der Waals surface area contributed by atoms with E-state index in [2.05, 4.69) is 15.4 Å². The van der Waals surface area contributed by atoms with Crippen molar-refractivity contribution in [2.24, 2.45) is 0 Å². The van der Waals surface area contributed by atoms with Gasteiger partial charge in [0.15, 0.2) is 11.5 Å². The molecule has 2 atom stereocenters. The fourth-order valence-corrected chi connectivity index (χ4v) is 4.47. The fraction of sp³-hybridized carbons (Fsp3) is 0.400. The van der Waals surface area contributed by atoms with E-state index in [1.165, 1.54) is 19.1 Å². The molecule has 2 aromatic rings. The SMILES string of the molecule is COC(=O)C1=C(C(F)(F)F)NC(C)=C(C(=O)OCCOc2ccccc2OCC(O)CNC(C)C)C1c1cccc([N+](=O)[O-])c1. The molecule has 0 saturated heterocycles. The molecule has 2 aromatic carbocycles. The number of para-hydroxylation sites is 2. The van der Waals surface area contributed by atoms with E-state index < -0.39 is 52.0 Å². The largest absolute Gasteiger partial charge is 0.487 e. The predicted octanol–water partition coefficient (Wildman–Crippen LogP) is 3.90. The average molecular weight is 638 g/mol. The van der Waals surface area contributed by atoms with E-state index in [0.717, 1.165) is 19.2 Å². The minimum atomic E-state index is -5.07. The number of nitro groups is 1. The van der Waals surface area contributed by atoms with Gasteiger partial charge in [0.2, 0.25) is 0 Å². The van der Waals surface area contributed by atoms with E-state index in [4.69, 9.17) is 14.2 Å². The summed E-state index contributed by atoms with van der Waals surface area (Å²) < 4.78 is 63.6. The second kappa shape index (κ2) is 15.4. The van der Waals surface area contributed by atoms with Crippen LogP contribution in [0.25, 0.3) is 0 Å². The number of carbonyl (C=O) groups is 2. The number of hydrogen-bond acceptors (Lipinski definition) is 11. The van der Waals surface area contributed by atoms with E-state index in [0.29, 0.717) is 12.3 Å². The molecule has 1 heterocycles. The maximum Gasteiger partial charge on any atom is 0.431 e. The van der Waals surface area contributed by atoms with Gasteiger partial charge in [-0.25, -0.2) is 9.59 Å². The molecule has 0 fully saturated rings. The van der Waals surface area contributed by atoms with Crippen LogP contribution < -0.4 is 20.1 Å². The molecular formula is C30H34F3N3O9. The zero-order chi connectivity index (χ0) is 33.3. The average Bonchev–Trinajstić information content (AvgIpc) is 3.00. The number of nitro benzene ring substituents is 1. The Balaban J connectivity index is 1.81. The van der Waals surface area contributed by atoms with Gasteiger partial charge < -0.3 is 34.7 Å². The highest BCUT2D eigenvalue weighted by Gasteiger charge is 2.47. The summed E-state index contributed by atoms with van der Waals surface area (Å²) in [5, 5.41) is 26.7. The molecule has 12 nitrogen and oxygen atoms in total. The zero-order valence-corrected chi connectivity index (χ0v) is 25.0. The number of rotatable bonds is 14. The monoisotopic (exact) mass is 637 g/mol. The first-order valence-electron chi connectivity index (χ1n) is 13.8. The lowest BCUT2D eigenvalue weighted by molar-refractivity contribution is -0.384. The summed E-state index contributed by atoms with van der Waals surface area (Å²) in [6.07, 6.45) is -5.86. The second-order valence-corrected chi connectivity index (χ2v) is 10.2. The Morgan fingerprint density at radius 1 is 1.04 bits per heavy atom. The minimum absolute atomic E-state index is 0.0233. The van der Waals surface area contributed by atoms with Gasteiger partial charge in [-0.3, -0.25) is 10.1 Å². The molecule has 0 aliphatic carbocycles. The Bertz CT molecular complexity index is 1460. The normalized spacial score (nSPS) is 15.8. The summed E-state index contributed by atoms with van der Waals surface area (Å²) in [7, 11) is 0.874. The molecule has 3 rings (SSSR count). The number of aliphatic hydroxyl groups excluding tert-OH is 1. The predicted molar refractivity (Wildman–Crippen MR) is 154 cm³/mol. The lowest BCUT2D eigenvalue weighted by Gasteiger charge is -2.31. The molecule has 0 spiro atoms. The lowest BCUT2D eigenvalue weighted by atomic mass is 9.80. The maximum absolute atomic E-state index is 14.1. The Morgan fingerprint density at radius 3 is 2.31 bits per heavy atom. The van der Waals surface area contributed by atoms with Crippen LogP contribution in [0.1, 0.15) is 32.3 Å². The second-order valence-electron chi connectivity index (χ2n) is 10.2. The van der Waals surface area contributed by atoms with Crippen molar-refractivity contribution in [2.75, 3.05) is 33.5 Å². The highest BCUT2D eigenvalue weighted by atomic mass is 19.4. The molecule has 0 radical (unpaired) electrons. The Morgan fingerprint density at radius 2 is 1.71 bits per heavy atom. The molecular weight excluding hydrogens is 603 g/mol. The summed E-state index contributed by atoms with van der Waals surface area (Å²) in [5.74, 6) is -3.59. The number of methoxy groups -OCH3 is 1. The molecule has 0 bridgehead atoms. The van der Waals surface area contributed by atoms with Crippen molar-refractivity contribution in [2.45, 2.75) is 45.0 Å². The van der Waals surface area contributed by atoms with Crippen LogP contribution in [0.3, 0.4) is 0 Å². The molecule has 15 heteroatoms. The van der Waals surface area contributed by atoms with E-state index in [1.807, 2.05) is 13.8 Å². The van der Waals surface area contributed by atoms with Gasteiger partial charge in [0.05, 0.1) is 29.1 Å². The Kier molecular flexibility index (Phi) is 11.9. The number of dihydropyridines is 1. The number of nitrogens with one attached hydrogen (secondary N) is 2. The first-order valence-corrected chi connectivity index (χ1v) is 13.8. The molecule has 0 aromatic heterocycles. The molecule has 3 N–H and O–H groups in total. The quantitative estimate of drug-likeness (QED) is 0.119. The van der Waals surface area contributed by atoms with Crippen LogP contribution in [-0.4, -0.2) is 73.8 Å². The number of non-ortho nitro benzene ring substituents is 1. The Labute approximate surface area is 256 Å². The minimum Gasteiger partial charge on any atom is -0.487 e. The molecule has 1 aliphatic rings. The zero-order valence-electron chi connectivity index (χ0n) is 25.0.